The summed E-state index contributed by atoms with van der Waals surface area (Å²) in [5.41, 5.74) is 5.63. The van der Waals surface area contributed by atoms with Crippen LogP contribution in [0.2, 0.25) is 10.0 Å². The summed E-state index contributed by atoms with van der Waals surface area (Å²) in [6.45, 7) is 2.19. The van der Waals surface area contributed by atoms with Gasteiger partial charge in [0.15, 0.2) is 0 Å². The van der Waals surface area contributed by atoms with Crippen LogP contribution < -0.4 is 10.5 Å². The van der Waals surface area contributed by atoms with Crippen LogP contribution in [0.1, 0.15) is 13.3 Å². The summed E-state index contributed by atoms with van der Waals surface area (Å²) in [7, 11) is -3.67. The molecule has 0 bridgehead atoms. The third-order valence-electron chi connectivity index (χ3n) is 1.85. The molecule has 0 saturated carbocycles. The zero-order valence-electron chi connectivity index (χ0n) is 8.63. The summed E-state index contributed by atoms with van der Waals surface area (Å²) in [5.74, 6) is 0. The number of hydrogen-bond acceptors (Lipinski definition) is 3. The Morgan fingerprint density at radius 3 is 2.50 bits per heavy atom. The van der Waals surface area contributed by atoms with E-state index in [4.69, 9.17) is 28.9 Å². The van der Waals surface area contributed by atoms with Gasteiger partial charge in [0, 0.05) is 11.6 Å². The van der Waals surface area contributed by atoms with E-state index in [1.54, 1.807) is 0 Å². The molecule has 0 unspecified atom stereocenters. The quantitative estimate of drug-likeness (QED) is 0.832. The fraction of sp³-hybridized carbons (Fsp3) is 0.333. The number of rotatable bonds is 4. The van der Waals surface area contributed by atoms with Gasteiger partial charge in [0.2, 0.25) is 10.0 Å². The first-order chi connectivity index (χ1) is 7.38. The van der Waals surface area contributed by atoms with Crippen LogP contribution in [0.15, 0.2) is 17.0 Å². The van der Waals surface area contributed by atoms with Crippen LogP contribution in [-0.4, -0.2) is 15.0 Å². The number of nitrogens with two attached hydrogens (primary N) is 1. The number of sulfonamides is 1. The number of benzene rings is 1. The average Bonchev–Trinajstić information content (AvgIpc) is 2.12. The second-order valence-corrected chi connectivity index (χ2v) is 5.75. The molecule has 16 heavy (non-hydrogen) atoms. The average molecular weight is 283 g/mol. The standard InChI is InChI=1S/C9H12Cl2N2O2S/c1-2-3-13-16(14,15)9-7(11)4-6(10)5-8(9)12/h4-5,13H,2-3,12H2,1H3. The van der Waals surface area contributed by atoms with Gasteiger partial charge in [-0.1, -0.05) is 30.1 Å². The molecule has 0 heterocycles. The smallest absolute Gasteiger partial charge is 0.244 e. The Morgan fingerprint density at radius 2 is 2.00 bits per heavy atom. The molecule has 1 rings (SSSR count). The Kier molecular flexibility index (Phi) is 4.43. The van der Waals surface area contributed by atoms with E-state index in [1.165, 1.54) is 12.1 Å². The van der Waals surface area contributed by atoms with Gasteiger partial charge < -0.3 is 5.73 Å². The Balaban J connectivity index is 3.23. The molecule has 7 heteroatoms. The Labute approximate surface area is 105 Å². The van der Waals surface area contributed by atoms with Crippen molar-refractivity contribution in [1.82, 2.24) is 4.72 Å². The monoisotopic (exact) mass is 282 g/mol. The highest BCUT2D eigenvalue weighted by atomic mass is 35.5. The van der Waals surface area contributed by atoms with E-state index in [2.05, 4.69) is 4.72 Å². The number of hydrogen-bond donors (Lipinski definition) is 2. The maximum atomic E-state index is 11.8. The minimum Gasteiger partial charge on any atom is -0.398 e. The zero-order valence-corrected chi connectivity index (χ0v) is 11.0. The maximum absolute atomic E-state index is 11.8. The van der Waals surface area contributed by atoms with Gasteiger partial charge in [-0.15, -0.1) is 0 Å². The molecule has 0 radical (unpaired) electrons. The molecule has 1 aromatic rings. The highest BCUT2D eigenvalue weighted by molar-refractivity contribution is 7.89. The molecule has 0 aliphatic heterocycles. The van der Waals surface area contributed by atoms with Crippen LogP contribution in [0.4, 0.5) is 5.69 Å². The molecule has 0 saturated heterocycles. The first-order valence-electron chi connectivity index (χ1n) is 4.62. The second kappa shape index (κ2) is 5.23. The van der Waals surface area contributed by atoms with E-state index >= 15 is 0 Å². The predicted octanol–water partition coefficient (Wildman–Crippen LogP) is 2.26. The Bertz CT molecular complexity index is 465. The van der Waals surface area contributed by atoms with Gasteiger partial charge in [0.05, 0.1) is 10.7 Å². The van der Waals surface area contributed by atoms with Crippen molar-refractivity contribution in [2.24, 2.45) is 0 Å². The van der Waals surface area contributed by atoms with Crippen molar-refractivity contribution >= 4 is 38.9 Å². The van der Waals surface area contributed by atoms with Crippen LogP contribution in [0.25, 0.3) is 0 Å². The number of nitrogens with one attached hydrogen (secondary N) is 1. The van der Waals surface area contributed by atoms with Gasteiger partial charge >= 0.3 is 0 Å². The summed E-state index contributed by atoms with van der Waals surface area (Å²) in [5, 5.41) is 0.325. The summed E-state index contributed by atoms with van der Waals surface area (Å²) in [6.07, 6.45) is 0.685. The highest BCUT2D eigenvalue weighted by Gasteiger charge is 2.21. The SMILES string of the molecule is CCCNS(=O)(=O)c1c(N)cc(Cl)cc1Cl. The number of nitrogen functional groups attached to an aromatic ring is 1. The van der Waals surface area contributed by atoms with E-state index in [0.29, 0.717) is 18.0 Å². The fourth-order valence-corrected chi connectivity index (χ4v) is 3.29. The summed E-state index contributed by atoms with van der Waals surface area (Å²) < 4.78 is 26.0. The van der Waals surface area contributed by atoms with Crippen molar-refractivity contribution in [3.63, 3.8) is 0 Å². The molecule has 0 aliphatic carbocycles. The molecule has 3 N–H and O–H groups in total. The Hall–Kier alpha value is -0.490. The summed E-state index contributed by atoms with van der Waals surface area (Å²) in [6, 6.07) is 2.70. The van der Waals surface area contributed by atoms with E-state index in [0.717, 1.165) is 0 Å². The van der Waals surface area contributed by atoms with E-state index in [9.17, 15) is 8.42 Å². The lowest BCUT2D eigenvalue weighted by Crippen LogP contribution is -2.25. The van der Waals surface area contributed by atoms with Crippen LogP contribution in [0.5, 0.6) is 0 Å². The third kappa shape index (κ3) is 3.01. The van der Waals surface area contributed by atoms with Crippen molar-refractivity contribution < 1.29 is 8.42 Å². The van der Waals surface area contributed by atoms with Gasteiger partial charge in [-0.2, -0.15) is 0 Å². The van der Waals surface area contributed by atoms with Crippen molar-refractivity contribution in [1.29, 1.82) is 0 Å². The second-order valence-electron chi connectivity index (χ2n) is 3.20. The van der Waals surface area contributed by atoms with Gasteiger partial charge in [-0.05, 0) is 18.6 Å². The molecule has 0 atom stereocenters. The third-order valence-corrected chi connectivity index (χ3v) is 4.05. The van der Waals surface area contributed by atoms with Crippen molar-refractivity contribution in [3.8, 4) is 0 Å². The predicted molar refractivity (Wildman–Crippen MR) is 66.4 cm³/mol. The van der Waals surface area contributed by atoms with Crippen LogP contribution in [-0.2, 0) is 10.0 Å². The lowest BCUT2D eigenvalue weighted by molar-refractivity contribution is 0.581. The van der Waals surface area contributed by atoms with Crippen molar-refractivity contribution in [2.45, 2.75) is 18.2 Å². The molecule has 0 aliphatic rings. The number of halogens is 2. The zero-order chi connectivity index (χ0) is 12.3. The molecule has 0 fully saturated rings. The molecule has 4 nitrogen and oxygen atoms in total. The van der Waals surface area contributed by atoms with Gasteiger partial charge in [0.25, 0.3) is 0 Å². The number of anilines is 1. The first kappa shape index (κ1) is 13.6. The molecule has 0 amide bonds. The largest absolute Gasteiger partial charge is 0.398 e. The summed E-state index contributed by atoms with van der Waals surface area (Å²) >= 11 is 11.5. The van der Waals surface area contributed by atoms with Crippen molar-refractivity contribution in [2.75, 3.05) is 12.3 Å². The minimum atomic E-state index is -3.67. The first-order valence-corrected chi connectivity index (χ1v) is 6.86. The van der Waals surface area contributed by atoms with E-state index in [1.807, 2.05) is 6.92 Å². The van der Waals surface area contributed by atoms with Crippen LogP contribution in [0.3, 0.4) is 0 Å². The van der Waals surface area contributed by atoms with E-state index in [-0.39, 0.29) is 15.6 Å². The molecule has 1 aromatic carbocycles. The van der Waals surface area contributed by atoms with Gasteiger partial charge in [-0.25, -0.2) is 13.1 Å². The molecule has 0 spiro atoms. The van der Waals surface area contributed by atoms with Gasteiger partial charge in [-0.3, -0.25) is 0 Å². The maximum Gasteiger partial charge on any atom is 0.244 e. The topological polar surface area (TPSA) is 72.2 Å². The lowest BCUT2D eigenvalue weighted by atomic mass is 10.3. The lowest BCUT2D eigenvalue weighted by Gasteiger charge is -2.10. The summed E-state index contributed by atoms with van der Waals surface area (Å²) in [4.78, 5) is -0.119. The van der Waals surface area contributed by atoms with Crippen LogP contribution in [0, 0.1) is 0 Å². The molecular formula is C9H12Cl2N2O2S. The Morgan fingerprint density at radius 1 is 1.38 bits per heavy atom. The van der Waals surface area contributed by atoms with E-state index < -0.39 is 10.0 Å². The van der Waals surface area contributed by atoms with Crippen molar-refractivity contribution in [3.05, 3.63) is 22.2 Å². The van der Waals surface area contributed by atoms with Gasteiger partial charge in [0.1, 0.15) is 4.90 Å². The van der Waals surface area contributed by atoms with Crippen LogP contribution >= 0.6 is 23.2 Å². The molecule has 90 valence electrons. The fourth-order valence-electron chi connectivity index (χ4n) is 1.17. The molecule has 0 aromatic heterocycles. The minimum absolute atomic E-state index is 0.0219. The molecular weight excluding hydrogens is 271 g/mol. The highest BCUT2D eigenvalue weighted by Crippen LogP contribution is 2.30. The normalized spacial score (nSPS) is 11.7.